The number of aromatic nitrogens is 1. The number of aliphatic imine (C=N–C) groups is 1. The van der Waals surface area contributed by atoms with Gasteiger partial charge in [-0.2, -0.15) is 15.1 Å². The number of fused-ring (bicyclic) bond motifs is 1. The van der Waals surface area contributed by atoms with Crippen molar-refractivity contribution in [2.24, 2.45) is 16.0 Å². The van der Waals surface area contributed by atoms with Gasteiger partial charge in [-0.05, 0) is 86.3 Å². The Morgan fingerprint density at radius 2 is 1.91 bits per heavy atom. The van der Waals surface area contributed by atoms with Gasteiger partial charge in [0.25, 0.3) is 5.91 Å². The van der Waals surface area contributed by atoms with E-state index < -0.39 is 0 Å². The van der Waals surface area contributed by atoms with Crippen LogP contribution in [0.25, 0.3) is 11.8 Å². The number of nitrogens with zero attached hydrogens (tertiary/aromatic N) is 4. The highest BCUT2D eigenvalue weighted by Crippen LogP contribution is 2.33. The Balaban J connectivity index is 1.37. The normalized spacial score (nSPS) is 20.1. The lowest BCUT2D eigenvalue weighted by Crippen LogP contribution is -2.35. The molecule has 2 aromatic rings. The summed E-state index contributed by atoms with van der Waals surface area (Å²) in [7, 11) is 0. The third-order valence-electron chi connectivity index (χ3n) is 6.84. The number of amidine groups is 2. The Bertz CT molecular complexity index is 1230. The van der Waals surface area contributed by atoms with Crippen LogP contribution < -0.4 is 0 Å². The second-order valence-corrected chi connectivity index (χ2v) is 10.7. The lowest BCUT2D eigenvalue weighted by Gasteiger charge is -2.20. The fraction of sp³-hybridized carbons (Fsp3) is 0.385. The maximum absolute atomic E-state index is 12.9. The van der Waals surface area contributed by atoms with Crippen LogP contribution in [0.2, 0.25) is 5.02 Å². The van der Waals surface area contributed by atoms with Crippen LogP contribution in [-0.2, 0) is 4.79 Å². The highest BCUT2D eigenvalue weighted by molar-refractivity contribution is 8.26. The van der Waals surface area contributed by atoms with E-state index in [4.69, 9.17) is 17.0 Å². The molecule has 8 heteroatoms. The Morgan fingerprint density at radius 3 is 2.65 bits per heavy atom. The van der Waals surface area contributed by atoms with Crippen molar-refractivity contribution < 1.29 is 4.79 Å². The molecule has 1 aliphatic carbocycles. The molecule has 1 aromatic carbocycles. The number of amides is 1. The van der Waals surface area contributed by atoms with Gasteiger partial charge in [-0.1, -0.05) is 43.7 Å². The molecule has 0 atom stereocenters. The van der Waals surface area contributed by atoms with E-state index in [1.165, 1.54) is 48.9 Å². The first-order valence-electron chi connectivity index (χ1n) is 11.8. The highest BCUT2D eigenvalue weighted by atomic mass is 35.5. The minimum Gasteiger partial charge on any atom is -0.318 e. The molecular formula is C26H28ClN5OS. The Labute approximate surface area is 209 Å². The Morgan fingerprint density at radius 1 is 1.18 bits per heavy atom. The first-order chi connectivity index (χ1) is 16.4. The lowest BCUT2D eigenvalue weighted by molar-refractivity contribution is -0.114. The van der Waals surface area contributed by atoms with Gasteiger partial charge < -0.3 is 4.57 Å². The number of nitrogens with one attached hydrogen (secondary N) is 1. The molecule has 1 fully saturated rings. The van der Waals surface area contributed by atoms with E-state index in [1.807, 2.05) is 44.2 Å². The summed E-state index contributed by atoms with van der Waals surface area (Å²) in [5.74, 6) is 0.472. The number of thioether (sulfide) groups is 1. The van der Waals surface area contributed by atoms with Crippen LogP contribution >= 0.6 is 23.4 Å². The van der Waals surface area contributed by atoms with Crippen LogP contribution in [-0.4, -0.2) is 31.5 Å². The van der Waals surface area contributed by atoms with Crippen LogP contribution in [0.1, 0.15) is 61.9 Å². The molecule has 3 heterocycles. The fourth-order valence-corrected chi connectivity index (χ4v) is 6.04. The summed E-state index contributed by atoms with van der Waals surface area (Å²) in [6.07, 6.45) is 10.4. The van der Waals surface area contributed by atoms with E-state index in [0.717, 1.165) is 46.4 Å². The van der Waals surface area contributed by atoms with Crippen molar-refractivity contribution in [2.75, 3.05) is 0 Å². The monoisotopic (exact) mass is 493 g/mol. The van der Waals surface area contributed by atoms with Crippen molar-refractivity contribution in [3.63, 3.8) is 0 Å². The number of hydrogen-bond acceptors (Lipinski definition) is 4. The summed E-state index contributed by atoms with van der Waals surface area (Å²) in [5, 5.41) is 17.0. The SMILES string of the molecule is Cc1cc(C=C2C(=N)N3N=C(CCC4CCCCC4)SC3=NC2=O)c(C)n1-c1ccc(Cl)cc1. The maximum atomic E-state index is 12.9. The Hall–Kier alpha value is -2.64. The minimum atomic E-state index is -0.385. The topological polar surface area (TPSA) is 73.8 Å². The molecule has 0 bridgehead atoms. The van der Waals surface area contributed by atoms with E-state index in [9.17, 15) is 4.79 Å². The van der Waals surface area contributed by atoms with Gasteiger partial charge in [-0.15, -0.1) is 0 Å². The zero-order chi connectivity index (χ0) is 23.8. The van der Waals surface area contributed by atoms with Crippen molar-refractivity contribution in [3.05, 3.63) is 57.9 Å². The molecule has 1 amide bonds. The van der Waals surface area contributed by atoms with Crippen molar-refractivity contribution in [1.29, 1.82) is 5.41 Å². The standard InChI is InChI=1S/C26H28ClN5OS/c1-16-14-19(17(2)31(16)21-11-9-20(27)10-12-21)15-22-24(28)32-26(29-25(22)33)34-23(30-32)13-8-18-6-4-3-5-7-18/h9-12,14-15,18,28H,3-8,13H2,1-2H3. The van der Waals surface area contributed by atoms with Crippen molar-refractivity contribution in [1.82, 2.24) is 9.58 Å². The molecule has 3 aliphatic rings. The average molecular weight is 494 g/mol. The zero-order valence-corrected chi connectivity index (χ0v) is 21.0. The van der Waals surface area contributed by atoms with Gasteiger partial charge in [-0.25, -0.2) is 0 Å². The summed E-state index contributed by atoms with van der Waals surface area (Å²) in [5.41, 5.74) is 4.16. The number of hydrogen-bond donors (Lipinski definition) is 1. The molecule has 0 spiro atoms. The first kappa shape index (κ1) is 23.1. The molecule has 0 unspecified atom stereocenters. The predicted molar refractivity (Wildman–Crippen MR) is 141 cm³/mol. The van der Waals surface area contributed by atoms with Gasteiger partial charge in [0.15, 0.2) is 5.84 Å². The van der Waals surface area contributed by atoms with E-state index in [-0.39, 0.29) is 17.3 Å². The van der Waals surface area contributed by atoms with Gasteiger partial charge in [-0.3, -0.25) is 10.2 Å². The molecular weight excluding hydrogens is 466 g/mol. The molecule has 176 valence electrons. The predicted octanol–water partition coefficient (Wildman–Crippen LogP) is 6.73. The minimum absolute atomic E-state index is 0.0893. The maximum Gasteiger partial charge on any atom is 0.283 e. The van der Waals surface area contributed by atoms with Crippen molar-refractivity contribution in [2.45, 2.75) is 58.8 Å². The summed E-state index contributed by atoms with van der Waals surface area (Å²) >= 11 is 7.48. The second-order valence-electron chi connectivity index (χ2n) is 9.19. The number of hydrazone groups is 1. The van der Waals surface area contributed by atoms with E-state index in [1.54, 1.807) is 6.08 Å². The number of aryl methyl sites for hydroxylation is 1. The average Bonchev–Trinajstić information content (AvgIpc) is 3.36. The van der Waals surface area contributed by atoms with Crippen LogP contribution in [0.15, 0.2) is 46.0 Å². The highest BCUT2D eigenvalue weighted by Gasteiger charge is 2.35. The zero-order valence-electron chi connectivity index (χ0n) is 19.5. The second kappa shape index (κ2) is 9.55. The molecule has 0 radical (unpaired) electrons. The van der Waals surface area contributed by atoms with Gasteiger partial charge in [0, 0.05) is 22.1 Å². The molecule has 1 saturated carbocycles. The van der Waals surface area contributed by atoms with Gasteiger partial charge in [0.05, 0.1) is 5.57 Å². The molecule has 5 rings (SSSR count). The van der Waals surface area contributed by atoms with Gasteiger partial charge >= 0.3 is 0 Å². The number of rotatable bonds is 5. The number of halogens is 1. The molecule has 1 N–H and O–H groups in total. The molecule has 34 heavy (non-hydrogen) atoms. The number of benzene rings is 1. The summed E-state index contributed by atoms with van der Waals surface area (Å²) in [6, 6.07) is 9.68. The van der Waals surface area contributed by atoms with Crippen LogP contribution in [0.4, 0.5) is 0 Å². The van der Waals surface area contributed by atoms with E-state index in [0.29, 0.717) is 10.2 Å². The molecule has 1 aromatic heterocycles. The molecule has 0 saturated heterocycles. The van der Waals surface area contributed by atoms with Crippen LogP contribution in [0.3, 0.4) is 0 Å². The third-order valence-corrected chi connectivity index (χ3v) is 8.06. The molecule has 2 aliphatic heterocycles. The quantitative estimate of drug-likeness (QED) is 0.469. The van der Waals surface area contributed by atoms with Crippen LogP contribution in [0, 0.1) is 25.2 Å². The van der Waals surface area contributed by atoms with Gasteiger partial charge in [0.1, 0.15) is 5.04 Å². The number of carbonyl (C=O) groups excluding carboxylic acids is 1. The third kappa shape index (κ3) is 4.51. The number of carbonyl (C=O) groups is 1. The largest absolute Gasteiger partial charge is 0.318 e. The van der Waals surface area contributed by atoms with E-state index >= 15 is 0 Å². The van der Waals surface area contributed by atoms with Gasteiger partial charge in [0.2, 0.25) is 5.17 Å². The van der Waals surface area contributed by atoms with Crippen molar-refractivity contribution >= 4 is 51.4 Å². The Kier molecular flexibility index (Phi) is 6.49. The van der Waals surface area contributed by atoms with Crippen molar-refractivity contribution in [3.8, 4) is 5.69 Å². The lowest BCUT2D eigenvalue weighted by atomic mass is 9.86. The van der Waals surface area contributed by atoms with Crippen LogP contribution in [0.5, 0.6) is 0 Å². The summed E-state index contributed by atoms with van der Waals surface area (Å²) < 4.78 is 2.11. The first-order valence-corrected chi connectivity index (χ1v) is 13.0. The summed E-state index contributed by atoms with van der Waals surface area (Å²) in [6.45, 7) is 4.03. The summed E-state index contributed by atoms with van der Waals surface area (Å²) in [4.78, 5) is 17.1. The fourth-order valence-electron chi connectivity index (χ4n) is 5.01. The molecule has 6 nitrogen and oxygen atoms in total. The smallest absolute Gasteiger partial charge is 0.283 e. The van der Waals surface area contributed by atoms with E-state index in [2.05, 4.69) is 14.7 Å².